The number of allylic oxidation sites excluding steroid dienone is 1. The maximum Gasteiger partial charge on any atom is 0.338 e. The molecule has 1 rings (SSSR count). The van der Waals surface area contributed by atoms with Crippen molar-refractivity contribution in [1.82, 2.24) is 0 Å². The summed E-state index contributed by atoms with van der Waals surface area (Å²) in [6, 6.07) is 5.31. The van der Waals surface area contributed by atoms with Crippen molar-refractivity contribution in [2.45, 2.75) is 20.0 Å². The molecule has 90 valence electrons. The van der Waals surface area contributed by atoms with E-state index < -0.39 is 10.9 Å². The van der Waals surface area contributed by atoms with Gasteiger partial charge in [0.05, 0.1) is 10.5 Å². The van der Waals surface area contributed by atoms with Crippen LogP contribution in [0.3, 0.4) is 0 Å². The van der Waals surface area contributed by atoms with Crippen LogP contribution in [0.2, 0.25) is 0 Å². The summed E-state index contributed by atoms with van der Waals surface area (Å²) >= 11 is 0. The van der Waals surface area contributed by atoms with E-state index in [0.717, 1.165) is 0 Å². The quantitative estimate of drug-likeness (QED) is 0.348. The van der Waals surface area contributed by atoms with Crippen molar-refractivity contribution in [3.8, 4) is 0 Å². The largest absolute Gasteiger partial charge is 0.455 e. The number of esters is 1. The fourth-order valence-electron chi connectivity index (χ4n) is 1.27. The van der Waals surface area contributed by atoms with E-state index in [0.29, 0.717) is 5.56 Å². The van der Waals surface area contributed by atoms with Crippen molar-refractivity contribution in [3.05, 3.63) is 52.1 Å². The number of ether oxygens (including phenoxy) is 1. The van der Waals surface area contributed by atoms with Crippen molar-refractivity contribution >= 4 is 11.7 Å². The standard InChI is InChI=1S/C12H13NO4/c1-3-4-9(2)17-12(14)10-5-7-11(8-6-10)13(15)16/h3-9H,1-2H3/b4-3+/t9-/m1/s1. The van der Waals surface area contributed by atoms with Gasteiger partial charge in [0.1, 0.15) is 6.10 Å². The van der Waals surface area contributed by atoms with Gasteiger partial charge in [-0.15, -0.1) is 0 Å². The summed E-state index contributed by atoms with van der Waals surface area (Å²) in [5, 5.41) is 10.4. The third-order valence-corrected chi connectivity index (χ3v) is 2.07. The molecule has 0 aliphatic carbocycles. The Hall–Kier alpha value is -2.17. The topological polar surface area (TPSA) is 69.4 Å². The summed E-state index contributed by atoms with van der Waals surface area (Å²) in [6.07, 6.45) is 3.21. The third kappa shape index (κ3) is 3.71. The first kappa shape index (κ1) is 12.9. The summed E-state index contributed by atoms with van der Waals surface area (Å²) in [5.41, 5.74) is 0.245. The van der Waals surface area contributed by atoms with Crippen LogP contribution in [0.5, 0.6) is 0 Å². The summed E-state index contributed by atoms with van der Waals surface area (Å²) in [6.45, 7) is 3.57. The Morgan fingerprint density at radius 1 is 1.41 bits per heavy atom. The maximum absolute atomic E-state index is 11.6. The molecule has 5 nitrogen and oxygen atoms in total. The second-order valence-electron chi connectivity index (χ2n) is 3.44. The van der Waals surface area contributed by atoms with Crippen LogP contribution in [0.4, 0.5) is 5.69 Å². The second-order valence-corrected chi connectivity index (χ2v) is 3.44. The SMILES string of the molecule is C/C=C/[C@@H](C)OC(=O)c1ccc([N+](=O)[O-])cc1. The third-order valence-electron chi connectivity index (χ3n) is 2.07. The Balaban J connectivity index is 2.73. The highest BCUT2D eigenvalue weighted by Gasteiger charge is 2.12. The minimum absolute atomic E-state index is 0.0527. The number of non-ortho nitro benzene ring substituents is 1. The number of hydrogen-bond donors (Lipinski definition) is 0. The van der Waals surface area contributed by atoms with E-state index in [1.807, 2.05) is 6.92 Å². The first-order chi connectivity index (χ1) is 8.04. The molecule has 1 atom stereocenters. The Morgan fingerprint density at radius 2 is 2.00 bits per heavy atom. The molecule has 0 bridgehead atoms. The van der Waals surface area contributed by atoms with Gasteiger partial charge in [0.2, 0.25) is 0 Å². The number of nitrogens with zero attached hydrogens (tertiary/aromatic N) is 1. The van der Waals surface area contributed by atoms with E-state index in [2.05, 4.69) is 0 Å². The summed E-state index contributed by atoms with van der Waals surface area (Å²) < 4.78 is 5.08. The highest BCUT2D eigenvalue weighted by Crippen LogP contribution is 2.13. The monoisotopic (exact) mass is 235 g/mol. The van der Waals surface area contributed by atoms with Crippen LogP contribution in [-0.2, 0) is 4.74 Å². The molecule has 0 aliphatic heterocycles. The van der Waals surface area contributed by atoms with Crippen molar-refractivity contribution in [2.24, 2.45) is 0 Å². The zero-order valence-electron chi connectivity index (χ0n) is 9.62. The van der Waals surface area contributed by atoms with Gasteiger partial charge < -0.3 is 4.74 Å². The average Bonchev–Trinajstić information content (AvgIpc) is 2.29. The van der Waals surface area contributed by atoms with Crippen LogP contribution in [0.25, 0.3) is 0 Å². The molecule has 0 fully saturated rings. The van der Waals surface area contributed by atoms with Gasteiger partial charge in [0.15, 0.2) is 0 Å². The smallest absolute Gasteiger partial charge is 0.338 e. The summed E-state index contributed by atoms with van der Waals surface area (Å²) in [5.74, 6) is -0.495. The maximum atomic E-state index is 11.6. The number of carbonyl (C=O) groups is 1. The Kier molecular flexibility index (Phi) is 4.39. The lowest BCUT2D eigenvalue weighted by atomic mass is 10.2. The summed E-state index contributed by atoms with van der Waals surface area (Å²) in [4.78, 5) is 21.5. The minimum atomic E-state index is -0.516. The van der Waals surface area contributed by atoms with Crippen LogP contribution in [0, 0.1) is 10.1 Å². The van der Waals surface area contributed by atoms with Crippen molar-refractivity contribution in [2.75, 3.05) is 0 Å². The van der Waals surface area contributed by atoms with Crippen molar-refractivity contribution in [3.63, 3.8) is 0 Å². The molecule has 1 aromatic carbocycles. The molecular formula is C12H13NO4. The molecule has 0 spiro atoms. The van der Waals surface area contributed by atoms with Crippen LogP contribution < -0.4 is 0 Å². The first-order valence-corrected chi connectivity index (χ1v) is 5.13. The number of rotatable bonds is 4. The van der Waals surface area contributed by atoms with Crippen molar-refractivity contribution in [1.29, 1.82) is 0 Å². The van der Waals surface area contributed by atoms with Gasteiger partial charge in [-0.05, 0) is 32.1 Å². The van der Waals surface area contributed by atoms with Crippen LogP contribution >= 0.6 is 0 Å². The van der Waals surface area contributed by atoms with Gasteiger partial charge in [-0.1, -0.05) is 6.08 Å². The summed E-state index contributed by atoms with van der Waals surface area (Å²) in [7, 11) is 0. The van der Waals surface area contributed by atoms with Gasteiger partial charge in [0, 0.05) is 12.1 Å². The van der Waals surface area contributed by atoms with Gasteiger partial charge in [-0.25, -0.2) is 4.79 Å². The highest BCUT2D eigenvalue weighted by molar-refractivity contribution is 5.89. The zero-order chi connectivity index (χ0) is 12.8. The fourth-order valence-corrected chi connectivity index (χ4v) is 1.27. The second kappa shape index (κ2) is 5.79. The lowest BCUT2D eigenvalue weighted by molar-refractivity contribution is -0.384. The molecule has 0 aromatic heterocycles. The molecule has 1 aromatic rings. The lowest BCUT2D eigenvalue weighted by Gasteiger charge is -2.08. The Bertz CT molecular complexity index is 436. The molecule has 5 heteroatoms. The number of hydrogen-bond acceptors (Lipinski definition) is 4. The highest BCUT2D eigenvalue weighted by atomic mass is 16.6. The molecule has 0 radical (unpaired) electrons. The minimum Gasteiger partial charge on any atom is -0.455 e. The molecular weight excluding hydrogens is 222 g/mol. The van der Waals surface area contributed by atoms with E-state index in [1.165, 1.54) is 24.3 Å². The van der Waals surface area contributed by atoms with Crippen LogP contribution in [0.1, 0.15) is 24.2 Å². The van der Waals surface area contributed by atoms with Crippen LogP contribution in [-0.4, -0.2) is 17.0 Å². The number of nitro benzene ring substituents is 1. The number of carbonyl (C=O) groups excluding carboxylic acids is 1. The van der Waals surface area contributed by atoms with Crippen LogP contribution in [0.15, 0.2) is 36.4 Å². The van der Waals surface area contributed by atoms with E-state index in [-0.39, 0.29) is 11.8 Å². The number of benzene rings is 1. The first-order valence-electron chi connectivity index (χ1n) is 5.13. The predicted molar refractivity (Wildman–Crippen MR) is 62.8 cm³/mol. The van der Waals surface area contributed by atoms with E-state index in [1.54, 1.807) is 19.1 Å². The Labute approximate surface area is 98.9 Å². The molecule has 0 amide bonds. The predicted octanol–water partition coefficient (Wildman–Crippen LogP) is 2.72. The molecule has 0 N–H and O–H groups in total. The zero-order valence-corrected chi connectivity index (χ0v) is 9.62. The normalized spacial score (nSPS) is 12.4. The Morgan fingerprint density at radius 3 is 2.47 bits per heavy atom. The van der Waals surface area contributed by atoms with E-state index >= 15 is 0 Å². The van der Waals surface area contributed by atoms with Gasteiger partial charge in [0.25, 0.3) is 5.69 Å². The van der Waals surface area contributed by atoms with Gasteiger partial charge in [-0.3, -0.25) is 10.1 Å². The van der Waals surface area contributed by atoms with E-state index in [4.69, 9.17) is 4.74 Å². The van der Waals surface area contributed by atoms with E-state index in [9.17, 15) is 14.9 Å². The molecule has 17 heavy (non-hydrogen) atoms. The lowest BCUT2D eigenvalue weighted by Crippen LogP contribution is -2.12. The molecule has 0 unspecified atom stereocenters. The van der Waals surface area contributed by atoms with Crippen molar-refractivity contribution < 1.29 is 14.5 Å². The average molecular weight is 235 g/mol. The van der Waals surface area contributed by atoms with Gasteiger partial charge >= 0.3 is 5.97 Å². The number of nitro groups is 1. The molecule has 0 aliphatic rings. The molecule has 0 saturated carbocycles. The molecule has 0 heterocycles. The fraction of sp³-hybridized carbons (Fsp3) is 0.250. The van der Waals surface area contributed by atoms with Gasteiger partial charge in [-0.2, -0.15) is 0 Å². The molecule has 0 saturated heterocycles.